The molecule has 37 heavy (non-hydrogen) atoms. The van der Waals surface area contributed by atoms with Crippen molar-refractivity contribution in [1.82, 2.24) is 14.8 Å². The van der Waals surface area contributed by atoms with Gasteiger partial charge in [0.15, 0.2) is 0 Å². The zero-order chi connectivity index (χ0) is 26.9. The number of nitrogens with zero attached hydrogens (tertiary/aromatic N) is 4. The highest BCUT2D eigenvalue weighted by Crippen LogP contribution is 2.43. The number of hydrogen-bond donors (Lipinski definition) is 1. The van der Waals surface area contributed by atoms with Gasteiger partial charge in [-0.25, -0.2) is 19.3 Å². The molecule has 1 aliphatic rings. The molecule has 192 valence electrons. The lowest BCUT2D eigenvalue weighted by atomic mass is 9.89. The molecule has 0 fully saturated rings. The highest BCUT2D eigenvalue weighted by Gasteiger charge is 2.40. The van der Waals surface area contributed by atoms with E-state index in [1.165, 1.54) is 28.7 Å². The van der Waals surface area contributed by atoms with Gasteiger partial charge in [0.2, 0.25) is 5.95 Å². The lowest BCUT2D eigenvalue weighted by molar-refractivity contribution is -0.138. The Morgan fingerprint density at radius 3 is 2.68 bits per heavy atom. The fraction of sp³-hybridized carbons (Fsp3) is 0.280. The quantitative estimate of drug-likeness (QED) is 0.467. The van der Waals surface area contributed by atoms with Crippen molar-refractivity contribution in [2.45, 2.75) is 25.6 Å². The summed E-state index contributed by atoms with van der Waals surface area (Å²) in [6.07, 6.45) is -2.11. The monoisotopic (exact) mass is 529 g/mol. The van der Waals surface area contributed by atoms with E-state index in [1.807, 2.05) is 6.26 Å². The van der Waals surface area contributed by atoms with Crippen molar-refractivity contribution >= 4 is 29.4 Å². The zero-order valence-electron chi connectivity index (χ0n) is 20.1. The Labute approximate surface area is 214 Å². The number of hydrogen-bond acceptors (Lipinski definition) is 7. The van der Waals surface area contributed by atoms with Gasteiger partial charge in [-0.15, -0.1) is 5.10 Å². The van der Waals surface area contributed by atoms with Crippen molar-refractivity contribution in [3.63, 3.8) is 0 Å². The van der Waals surface area contributed by atoms with Gasteiger partial charge in [0.25, 0.3) is 0 Å². The van der Waals surface area contributed by atoms with Crippen LogP contribution in [0.1, 0.15) is 35.2 Å². The van der Waals surface area contributed by atoms with Crippen molar-refractivity contribution < 1.29 is 22.7 Å². The first-order valence-electron chi connectivity index (χ1n) is 11.1. The number of aromatic amines is 1. The number of carbonyl (C=O) groups excluding carboxylic acids is 1. The molecule has 0 saturated carbocycles. The maximum atomic E-state index is 13.5. The second-order valence-electron chi connectivity index (χ2n) is 8.24. The number of nitrogens with one attached hydrogen (secondary N) is 1. The largest absolute Gasteiger partial charge is 0.466 e. The Morgan fingerprint density at radius 1 is 1.27 bits per heavy atom. The number of ether oxygens (including phenoxy) is 1. The first-order valence-corrected chi connectivity index (χ1v) is 12.5. The highest BCUT2D eigenvalue weighted by atomic mass is 32.2. The summed E-state index contributed by atoms with van der Waals surface area (Å²) < 4.78 is 46.7. The predicted molar refractivity (Wildman–Crippen MR) is 133 cm³/mol. The number of thioether (sulfide) groups is 1. The van der Waals surface area contributed by atoms with Crippen LogP contribution in [0.4, 0.5) is 24.8 Å². The average Bonchev–Trinajstić information content (AvgIpc) is 3.26. The molecule has 0 radical (unpaired) electrons. The molecule has 0 spiro atoms. The molecule has 4 rings (SSSR count). The summed E-state index contributed by atoms with van der Waals surface area (Å²) in [4.78, 5) is 27.6. The third-order valence-electron chi connectivity index (χ3n) is 6.12. The third-order valence-corrected chi connectivity index (χ3v) is 6.73. The van der Waals surface area contributed by atoms with Gasteiger partial charge in [-0.1, -0.05) is 12.1 Å². The minimum Gasteiger partial charge on any atom is -0.466 e. The molecule has 1 atom stereocenters. The SMILES string of the molecule is COC(=O)C1=C(C)N(c2cccc(C(F)(F)F)c2)c2n[nH]c(=O)n2C1c1ccc(C#N)cc1CCSC. The molecule has 8 nitrogen and oxygen atoms in total. The number of H-pyrrole nitrogens is 1. The number of aromatic nitrogens is 3. The number of methoxy groups -OCH3 is 1. The second-order valence-corrected chi connectivity index (χ2v) is 9.23. The number of carbonyl (C=O) groups is 1. The molecule has 0 amide bonds. The predicted octanol–water partition coefficient (Wildman–Crippen LogP) is 4.56. The number of benzene rings is 2. The lowest BCUT2D eigenvalue weighted by Crippen LogP contribution is -2.38. The Morgan fingerprint density at radius 2 is 2.03 bits per heavy atom. The Hall–Kier alpha value is -3.98. The third kappa shape index (κ3) is 4.74. The number of allylic oxidation sites excluding steroid dienone is 1. The standard InChI is InChI=1S/C25H22F3N5O3S/c1-14-20(22(34)36-2)21(19-8-7-15(13-29)11-16(19)9-10-37-3)33-23(30-31-24(33)35)32(14)18-6-4-5-17(12-18)25(26,27)28/h4-8,11-12,21H,9-10H2,1-3H3,(H,31,35). The van der Waals surface area contributed by atoms with Crippen LogP contribution in [0.15, 0.2) is 58.5 Å². The maximum absolute atomic E-state index is 13.5. The topological polar surface area (TPSA) is 104 Å². The van der Waals surface area contributed by atoms with Crippen LogP contribution in [0.3, 0.4) is 0 Å². The smallest absolute Gasteiger partial charge is 0.416 e. The van der Waals surface area contributed by atoms with Gasteiger partial charge >= 0.3 is 17.8 Å². The fourth-order valence-electron chi connectivity index (χ4n) is 4.45. The minimum atomic E-state index is -4.60. The van der Waals surface area contributed by atoms with Crippen LogP contribution >= 0.6 is 11.8 Å². The second kappa shape index (κ2) is 10.2. The van der Waals surface area contributed by atoms with E-state index in [-0.39, 0.29) is 22.9 Å². The summed E-state index contributed by atoms with van der Waals surface area (Å²) in [6, 6.07) is 10.6. The normalized spacial score (nSPS) is 15.4. The van der Waals surface area contributed by atoms with Crippen LogP contribution in [0.2, 0.25) is 0 Å². The van der Waals surface area contributed by atoms with Crippen LogP contribution < -0.4 is 10.6 Å². The van der Waals surface area contributed by atoms with E-state index in [1.54, 1.807) is 36.9 Å². The summed E-state index contributed by atoms with van der Waals surface area (Å²) in [6.45, 7) is 1.56. The van der Waals surface area contributed by atoms with E-state index in [0.29, 0.717) is 23.3 Å². The Kier molecular flexibility index (Phi) is 7.18. The summed E-state index contributed by atoms with van der Waals surface area (Å²) in [7, 11) is 1.19. The van der Waals surface area contributed by atoms with E-state index in [2.05, 4.69) is 16.3 Å². The van der Waals surface area contributed by atoms with Crippen LogP contribution in [0, 0.1) is 11.3 Å². The number of esters is 1. The molecule has 2 aromatic carbocycles. The number of rotatable bonds is 6. The van der Waals surface area contributed by atoms with Gasteiger partial charge in [0, 0.05) is 11.4 Å². The Bertz CT molecular complexity index is 1490. The first kappa shape index (κ1) is 26.1. The molecule has 2 heterocycles. The summed E-state index contributed by atoms with van der Waals surface area (Å²) in [5.41, 5.74) is 0.576. The van der Waals surface area contributed by atoms with Gasteiger partial charge in [0.1, 0.15) is 6.04 Å². The van der Waals surface area contributed by atoms with E-state index in [4.69, 9.17) is 4.74 Å². The number of fused-ring (bicyclic) bond motifs is 1. The maximum Gasteiger partial charge on any atom is 0.416 e. The molecule has 1 aromatic heterocycles. The molecule has 12 heteroatoms. The molecule has 0 saturated heterocycles. The van der Waals surface area contributed by atoms with Gasteiger partial charge in [-0.2, -0.15) is 30.2 Å². The van der Waals surface area contributed by atoms with Crippen molar-refractivity contribution in [2.75, 3.05) is 24.0 Å². The molecule has 0 bridgehead atoms. The van der Waals surface area contributed by atoms with Gasteiger partial charge in [0.05, 0.1) is 29.9 Å². The average molecular weight is 530 g/mol. The van der Waals surface area contributed by atoms with Crippen LogP contribution in [0.5, 0.6) is 0 Å². The summed E-state index contributed by atoms with van der Waals surface area (Å²) in [5, 5.41) is 15.9. The molecule has 3 aromatic rings. The minimum absolute atomic E-state index is 0.0136. The van der Waals surface area contributed by atoms with Crippen molar-refractivity contribution in [3.8, 4) is 6.07 Å². The fourth-order valence-corrected chi connectivity index (χ4v) is 4.87. The van der Waals surface area contributed by atoms with Crippen molar-refractivity contribution in [2.24, 2.45) is 0 Å². The molecule has 1 N–H and O–H groups in total. The highest BCUT2D eigenvalue weighted by molar-refractivity contribution is 7.98. The van der Waals surface area contributed by atoms with E-state index < -0.39 is 29.4 Å². The van der Waals surface area contributed by atoms with E-state index >= 15 is 0 Å². The zero-order valence-corrected chi connectivity index (χ0v) is 20.9. The number of aryl methyl sites for hydroxylation is 1. The number of nitriles is 1. The first-order chi connectivity index (χ1) is 17.6. The summed E-state index contributed by atoms with van der Waals surface area (Å²) >= 11 is 1.60. The molecule has 1 aliphatic heterocycles. The van der Waals surface area contributed by atoms with Gasteiger partial charge < -0.3 is 4.74 Å². The van der Waals surface area contributed by atoms with Crippen LogP contribution in [0.25, 0.3) is 0 Å². The van der Waals surface area contributed by atoms with Gasteiger partial charge in [-0.05, 0) is 66.8 Å². The molecule has 1 unspecified atom stereocenters. The molecular formula is C25H22F3N5O3S. The lowest BCUT2D eigenvalue weighted by Gasteiger charge is -2.36. The number of halogens is 3. The van der Waals surface area contributed by atoms with Gasteiger partial charge in [-0.3, -0.25) is 4.90 Å². The Balaban J connectivity index is 2.01. The number of anilines is 2. The van der Waals surface area contributed by atoms with Crippen LogP contribution in [-0.4, -0.2) is 39.9 Å². The van der Waals surface area contributed by atoms with Crippen molar-refractivity contribution in [3.05, 3.63) is 86.5 Å². The molecule has 0 aliphatic carbocycles. The van der Waals surface area contributed by atoms with E-state index in [0.717, 1.165) is 17.7 Å². The number of alkyl halides is 3. The molecular weight excluding hydrogens is 507 g/mol. The van der Waals surface area contributed by atoms with Crippen LogP contribution in [-0.2, 0) is 22.1 Å². The van der Waals surface area contributed by atoms with E-state index in [9.17, 15) is 28.0 Å². The van der Waals surface area contributed by atoms with Crippen molar-refractivity contribution in [1.29, 1.82) is 5.26 Å². The summed E-state index contributed by atoms with van der Waals surface area (Å²) in [5.74, 6) is -0.0213.